The minimum absolute atomic E-state index is 0.0748. The van der Waals surface area contributed by atoms with Crippen LogP contribution >= 0.6 is 0 Å². The van der Waals surface area contributed by atoms with Gasteiger partial charge in [0.05, 0.1) is 13.2 Å². The Morgan fingerprint density at radius 1 is 1.00 bits per heavy atom. The van der Waals surface area contributed by atoms with E-state index >= 15 is 0 Å². The van der Waals surface area contributed by atoms with Crippen molar-refractivity contribution in [1.29, 1.82) is 0 Å². The zero-order valence-corrected chi connectivity index (χ0v) is 15.4. The average molecular weight is 327 g/mol. The Kier molecular flexibility index (Phi) is 6.53. The summed E-state index contributed by atoms with van der Waals surface area (Å²) in [5.74, 6) is 2.38. The van der Waals surface area contributed by atoms with E-state index in [1.54, 1.807) is 0 Å². The van der Waals surface area contributed by atoms with E-state index in [1.807, 2.05) is 24.3 Å². The van der Waals surface area contributed by atoms with Crippen molar-refractivity contribution >= 4 is 5.69 Å². The molecule has 0 saturated heterocycles. The van der Waals surface area contributed by atoms with Crippen molar-refractivity contribution in [3.63, 3.8) is 0 Å². The summed E-state index contributed by atoms with van der Waals surface area (Å²) in [6.07, 6.45) is 0.0748. The molecule has 0 aromatic heterocycles. The lowest BCUT2D eigenvalue weighted by atomic mass is 10.1. The lowest BCUT2D eigenvalue weighted by molar-refractivity contribution is 0.233. The van der Waals surface area contributed by atoms with E-state index in [9.17, 15) is 0 Å². The molecule has 24 heavy (non-hydrogen) atoms. The summed E-state index contributed by atoms with van der Waals surface area (Å²) >= 11 is 0. The van der Waals surface area contributed by atoms with Gasteiger partial charge in [0.2, 0.25) is 0 Å². The van der Waals surface area contributed by atoms with Gasteiger partial charge in [-0.3, -0.25) is 0 Å². The van der Waals surface area contributed by atoms with Crippen molar-refractivity contribution < 1.29 is 9.47 Å². The highest BCUT2D eigenvalue weighted by Gasteiger charge is 2.07. The molecule has 0 fully saturated rings. The van der Waals surface area contributed by atoms with Gasteiger partial charge in [-0.2, -0.15) is 0 Å². The fourth-order valence-electron chi connectivity index (χ4n) is 2.31. The molecule has 0 heterocycles. The Balaban J connectivity index is 1.88. The highest BCUT2D eigenvalue weighted by Crippen LogP contribution is 2.21. The average Bonchev–Trinajstić information content (AvgIpc) is 2.55. The quantitative estimate of drug-likeness (QED) is 0.721. The van der Waals surface area contributed by atoms with E-state index in [-0.39, 0.29) is 6.10 Å². The maximum absolute atomic E-state index is 6.06. The van der Waals surface area contributed by atoms with Crippen LogP contribution in [0.2, 0.25) is 0 Å². The Hall–Kier alpha value is -2.16. The normalized spacial score (nSPS) is 12.1. The smallest absolute Gasteiger partial charge is 0.122 e. The highest BCUT2D eigenvalue weighted by atomic mass is 16.5. The van der Waals surface area contributed by atoms with E-state index in [2.05, 4.69) is 58.1 Å². The molecule has 3 nitrogen and oxygen atoms in total. The maximum atomic E-state index is 6.06. The molecule has 0 bridgehead atoms. The van der Waals surface area contributed by atoms with Crippen LogP contribution in [0.15, 0.2) is 42.5 Å². The lowest BCUT2D eigenvalue weighted by Gasteiger charge is -2.18. The minimum atomic E-state index is 0.0748. The summed E-state index contributed by atoms with van der Waals surface area (Å²) in [6.45, 7) is 12.0. The fourth-order valence-corrected chi connectivity index (χ4v) is 2.31. The summed E-state index contributed by atoms with van der Waals surface area (Å²) in [5.41, 5.74) is 3.43. The molecule has 3 heteroatoms. The van der Waals surface area contributed by atoms with E-state index in [0.29, 0.717) is 5.92 Å². The van der Waals surface area contributed by atoms with Gasteiger partial charge in [-0.05, 0) is 56.0 Å². The number of rotatable bonds is 8. The van der Waals surface area contributed by atoms with Crippen molar-refractivity contribution in [3.8, 4) is 11.5 Å². The minimum Gasteiger partial charge on any atom is -0.493 e. The monoisotopic (exact) mass is 327 g/mol. The van der Waals surface area contributed by atoms with Gasteiger partial charge < -0.3 is 14.8 Å². The Bertz CT molecular complexity index is 652. The third kappa shape index (κ3) is 5.80. The lowest BCUT2D eigenvalue weighted by Crippen LogP contribution is -2.23. The van der Waals surface area contributed by atoms with Crippen LogP contribution < -0.4 is 14.8 Å². The molecular formula is C21H29NO2. The molecule has 2 rings (SSSR count). The second-order valence-electron chi connectivity index (χ2n) is 6.81. The predicted molar refractivity (Wildman–Crippen MR) is 101 cm³/mol. The standard InChI is InChI=1S/C21H29NO2/c1-15(2)14-23-20-8-6-7-19(12-20)22-13-18(5)24-21-11-16(3)9-10-17(21)4/h6-12,15,18,22H,13-14H2,1-5H3/t18-/m0/s1. The van der Waals surface area contributed by atoms with E-state index in [1.165, 1.54) is 5.56 Å². The van der Waals surface area contributed by atoms with Crippen LogP contribution in [-0.4, -0.2) is 19.3 Å². The number of nitrogens with one attached hydrogen (secondary N) is 1. The first-order chi connectivity index (χ1) is 11.4. The molecule has 0 radical (unpaired) electrons. The van der Waals surface area contributed by atoms with Gasteiger partial charge in [0.25, 0.3) is 0 Å². The van der Waals surface area contributed by atoms with Crippen LogP contribution in [0.4, 0.5) is 5.69 Å². The number of hydrogen-bond donors (Lipinski definition) is 1. The van der Waals surface area contributed by atoms with Crippen LogP contribution in [0.3, 0.4) is 0 Å². The summed E-state index contributed by atoms with van der Waals surface area (Å²) in [7, 11) is 0. The van der Waals surface area contributed by atoms with Crippen LogP contribution in [0.1, 0.15) is 31.9 Å². The van der Waals surface area contributed by atoms with E-state index in [4.69, 9.17) is 9.47 Å². The summed E-state index contributed by atoms with van der Waals surface area (Å²) in [5, 5.41) is 3.42. The first-order valence-corrected chi connectivity index (χ1v) is 8.64. The molecule has 0 saturated carbocycles. The van der Waals surface area contributed by atoms with Gasteiger partial charge in [-0.1, -0.05) is 32.0 Å². The molecule has 0 spiro atoms. The SMILES string of the molecule is Cc1ccc(C)c(O[C@@H](C)CNc2cccc(OCC(C)C)c2)c1. The van der Waals surface area contributed by atoms with Gasteiger partial charge in [0.15, 0.2) is 0 Å². The number of aryl methyl sites for hydroxylation is 2. The Morgan fingerprint density at radius 3 is 2.54 bits per heavy atom. The van der Waals surface area contributed by atoms with E-state index in [0.717, 1.165) is 35.9 Å². The van der Waals surface area contributed by atoms with Gasteiger partial charge in [0, 0.05) is 11.8 Å². The first kappa shape index (κ1) is 18.2. The van der Waals surface area contributed by atoms with Gasteiger partial charge in [0.1, 0.15) is 17.6 Å². The molecule has 0 aliphatic carbocycles. The van der Waals surface area contributed by atoms with Gasteiger partial charge in [-0.15, -0.1) is 0 Å². The Morgan fingerprint density at radius 2 is 1.79 bits per heavy atom. The van der Waals surface area contributed by atoms with Crippen molar-refractivity contribution in [2.45, 2.75) is 40.7 Å². The second-order valence-corrected chi connectivity index (χ2v) is 6.81. The van der Waals surface area contributed by atoms with Crippen LogP contribution in [-0.2, 0) is 0 Å². The van der Waals surface area contributed by atoms with Crippen LogP contribution in [0, 0.1) is 19.8 Å². The van der Waals surface area contributed by atoms with Crippen LogP contribution in [0.25, 0.3) is 0 Å². The van der Waals surface area contributed by atoms with Crippen molar-refractivity contribution in [2.75, 3.05) is 18.5 Å². The molecule has 0 amide bonds. The molecule has 1 N–H and O–H groups in total. The largest absolute Gasteiger partial charge is 0.493 e. The second kappa shape index (κ2) is 8.62. The Labute approximate surface area is 146 Å². The van der Waals surface area contributed by atoms with Crippen LogP contribution in [0.5, 0.6) is 11.5 Å². The van der Waals surface area contributed by atoms with E-state index < -0.39 is 0 Å². The summed E-state index contributed by atoms with van der Waals surface area (Å²) in [6, 6.07) is 14.4. The topological polar surface area (TPSA) is 30.5 Å². The number of hydrogen-bond acceptors (Lipinski definition) is 3. The summed E-state index contributed by atoms with van der Waals surface area (Å²) in [4.78, 5) is 0. The third-order valence-electron chi connectivity index (χ3n) is 3.68. The highest BCUT2D eigenvalue weighted by molar-refractivity contribution is 5.48. The molecule has 0 aliphatic rings. The third-order valence-corrected chi connectivity index (χ3v) is 3.68. The number of benzene rings is 2. The zero-order chi connectivity index (χ0) is 17.5. The predicted octanol–water partition coefficient (Wildman–Crippen LogP) is 5.22. The molecule has 2 aromatic rings. The van der Waals surface area contributed by atoms with Gasteiger partial charge >= 0.3 is 0 Å². The molecule has 0 unspecified atom stereocenters. The van der Waals surface area contributed by atoms with Crippen molar-refractivity contribution in [1.82, 2.24) is 0 Å². The maximum Gasteiger partial charge on any atom is 0.122 e. The zero-order valence-electron chi connectivity index (χ0n) is 15.4. The molecule has 1 atom stereocenters. The van der Waals surface area contributed by atoms with Crippen molar-refractivity contribution in [2.24, 2.45) is 5.92 Å². The number of ether oxygens (including phenoxy) is 2. The fraction of sp³-hybridized carbons (Fsp3) is 0.429. The molecule has 2 aromatic carbocycles. The van der Waals surface area contributed by atoms with Crippen molar-refractivity contribution in [3.05, 3.63) is 53.6 Å². The molecular weight excluding hydrogens is 298 g/mol. The van der Waals surface area contributed by atoms with Gasteiger partial charge in [-0.25, -0.2) is 0 Å². The summed E-state index contributed by atoms with van der Waals surface area (Å²) < 4.78 is 11.8. The first-order valence-electron chi connectivity index (χ1n) is 8.64. The molecule has 130 valence electrons. The number of anilines is 1. The molecule has 0 aliphatic heterocycles.